The summed E-state index contributed by atoms with van der Waals surface area (Å²) in [6, 6.07) is 4.81. The van der Waals surface area contributed by atoms with Gasteiger partial charge in [0.25, 0.3) is 0 Å². The van der Waals surface area contributed by atoms with Gasteiger partial charge in [0.15, 0.2) is 0 Å². The lowest BCUT2D eigenvalue weighted by molar-refractivity contribution is 0.462. The van der Waals surface area contributed by atoms with Crippen molar-refractivity contribution in [2.75, 3.05) is 6.54 Å². The van der Waals surface area contributed by atoms with Gasteiger partial charge in [-0.05, 0) is 38.5 Å². The molecule has 0 atom stereocenters. The zero-order chi connectivity index (χ0) is 13.3. The Morgan fingerprint density at radius 2 is 1.94 bits per heavy atom. The number of rotatable bonds is 4. The number of sulfonamides is 1. The lowest BCUT2D eigenvalue weighted by atomic mass is 10.1. The van der Waals surface area contributed by atoms with Crippen LogP contribution in [0, 0.1) is 6.92 Å². The molecule has 1 aromatic carbocycles. The molecular formula is C11H18Cl2N2O2S. The Kier molecular flexibility index (Phi) is 6.10. The molecule has 7 heteroatoms. The second-order valence-corrected chi connectivity index (χ2v) is 6.69. The third kappa shape index (κ3) is 4.40. The van der Waals surface area contributed by atoms with Crippen LogP contribution in [0.25, 0.3) is 0 Å². The SMILES string of the molecule is Cc1ccc(S(=O)(=O)NC(C)(C)CN)c(Cl)c1.Cl. The van der Waals surface area contributed by atoms with E-state index in [0.29, 0.717) is 0 Å². The molecule has 4 nitrogen and oxygen atoms in total. The van der Waals surface area contributed by atoms with Crippen LogP contribution in [0.3, 0.4) is 0 Å². The first kappa shape index (κ1) is 17.7. The molecule has 3 N–H and O–H groups in total. The Morgan fingerprint density at radius 1 is 1.39 bits per heavy atom. The molecule has 1 aromatic rings. The number of nitrogens with one attached hydrogen (secondary N) is 1. The van der Waals surface area contributed by atoms with Crippen LogP contribution in [0.2, 0.25) is 5.02 Å². The number of nitrogens with two attached hydrogens (primary N) is 1. The van der Waals surface area contributed by atoms with Crippen LogP contribution in [-0.4, -0.2) is 20.5 Å². The largest absolute Gasteiger partial charge is 0.329 e. The minimum Gasteiger partial charge on any atom is -0.329 e. The van der Waals surface area contributed by atoms with Gasteiger partial charge in [-0.1, -0.05) is 17.7 Å². The third-order valence-electron chi connectivity index (χ3n) is 2.30. The summed E-state index contributed by atoms with van der Waals surface area (Å²) >= 11 is 5.94. The van der Waals surface area contributed by atoms with Crippen LogP contribution < -0.4 is 10.5 Å². The molecule has 0 saturated carbocycles. The molecule has 0 fully saturated rings. The lowest BCUT2D eigenvalue weighted by Gasteiger charge is -2.24. The maximum Gasteiger partial charge on any atom is 0.242 e. The Labute approximate surface area is 119 Å². The van der Waals surface area contributed by atoms with E-state index in [2.05, 4.69) is 4.72 Å². The first-order valence-corrected chi connectivity index (χ1v) is 7.04. The summed E-state index contributed by atoms with van der Waals surface area (Å²) < 4.78 is 26.7. The number of hydrogen-bond donors (Lipinski definition) is 2. The van der Waals surface area contributed by atoms with Gasteiger partial charge < -0.3 is 5.73 Å². The minimum atomic E-state index is -3.64. The van der Waals surface area contributed by atoms with E-state index >= 15 is 0 Å². The minimum absolute atomic E-state index is 0. The Morgan fingerprint density at radius 3 is 2.39 bits per heavy atom. The van der Waals surface area contributed by atoms with Crippen LogP contribution in [0.4, 0.5) is 0 Å². The zero-order valence-electron chi connectivity index (χ0n) is 10.5. The first-order valence-electron chi connectivity index (χ1n) is 5.18. The number of hydrogen-bond acceptors (Lipinski definition) is 3. The number of aryl methyl sites for hydroxylation is 1. The van der Waals surface area contributed by atoms with Gasteiger partial charge in [0.1, 0.15) is 4.90 Å². The number of benzene rings is 1. The molecular weight excluding hydrogens is 295 g/mol. The van der Waals surface area contributed by atoms with Crippen molar-refractivity contribution < 1.29 is 8.42 Å². The van der Waals surface area contributed by atoms with E-state index in [0.717, 1.165) is 5.56 Å². The van der Waals surface area contributed by atoms with E-state index in [-0.39, 0.29) is 28.9 Å². The molecule has 0 heterocycles. The van der Waals surface area contributed by atoms with Crippen LogP contribution >= 0.6 is 24.0 Å². The van der Waals surface area contributed by atoms with E-state index < -0.39 is 15.6 Å². The number of halogens is 2. The second kappa shape index (κ2) is 6.21. The average molecular weight is 313 g/mol. The fourth-order valence-electron chi connectivity index (χ4n) is 1.28. The van der Waals surface area contributed by atoms with Crippen molar-refractivity contribution in [3.63, 3.8) is 0 Å². The van der Waals surface area contributed by atoms with Gasteiger partial charge >= 0.3 is 0 Å². The smallest absolute Gasteiger partial charge is 0.242 e. The second-order valence-electron chi connectivity index (χ2n) is 4.63. The van der Waals surface area contributed by atoms with Crippen molar-refractivity contribution in [2.24, 2.45) is 5.73 Å². The maximum absolute atomic E-state index is 12.1. The van der Waals surface area contributed by atoms with E-state index in [1.54, 1.807) is 26.0 Å². The van der Waals surface area contributed by atoms with Crippen molar-refractivity contribution in [1.29, 1.82) is 0 Å². The summed E-state index contributed by atoms with van der Waals surface area (Å²) in [5, 5.41) is 0.213. The normalized spacial score (nSPS) is 12.1. The summed E-state index contributed by atoms with van der Waals surface area (Å²) in [5.74, 6) is 0. The molecule has 0 aliphatic rings. The fraction of sp³-hybridized carbons (Fsp3) is 0.455. The van der Waals surface area contributed by atoms with Crippen molar-refractivity contribution in [2.45, 2.75) is 31.2 Å². The summed E-state index contributed by atoms with van der Waals surface area (Å²) in [6.45, 7) is 5.48. The highest BCUT2D eigenvalue weighted by molar-refractivity contribution is 7.89. The van der Waals surface area contributed by atoms with Gasteiger partial charge in [0, 0.05) is 12.1 Å². The predicted molar refractivity (Wildman–Crippen MR) is 76.9 cm³/mol. The Hall–Kier alpha value is -0.330. The van der Waals surface area contributed by atoms with Crippen LogP contribution in [0.1, 0.15) is 19.4 Å². The molecule has 0 amide bonds. The van der Waals surface area contributed by atoms with Crippen LogP contribution in [0.15, 0.2) is 23.1 Å². The summed E-state index contributed by atoms with van der Waals surface area (Å²) in [5.41, 5.74) is 5.70. The summed E-state index contributed by atoms with van der Waals surface area (Å²) in [4.78, 5) is 0.0753. The zero-order valence-corrected chi connectivity index (χ0v) is 12.9. The molecule has 0 unspecified atom stereocenters. The highest BCUT2D eigenvalue weighted by Gasteiger charge is 2.26. The van der Waals surface area contributed by atoms with Gasteiger partial charge in [-0.3, -0.25) is 0 Å². The topological polar surface area (TPSA) is 72.2 Å². The van der Waals surface area contributed by atoms with Crippen molar-refractivity contribution >= 4 is 34.0 Å². The Balaban J connectivity index is 0.00000289. The van der Waals surface area contributed by atoms with E-state index in [1.807, 2.05) is 6.92 Å². The highest BCUT2D eigenvalue weighted by atomic mass is 35.5. The van der Waals surface area contributed by atoms with Gasteiger partial charge in [-0.25, -0.2) is 13.1 Å². The molecule has 1 rings (SSSR count). The maximum atomic E-state index is 12.1. The molecule has 0 saturated heterocycles. The van der Waals surface area contributed by atoms with Gasteiger partial charge in [-0.2, -0.15) is 0 Å². The summed E-state index contributed by atoms with van der Waals surface area (Å²) in [7, 11) is -3.64. The average Bonchev–Trinajstić information content (AvgIpc) is 2.15. The van der Waals surface area contributed by atoms with Crippen LogP contribution in [0.5, 0.6) is 0 Å². The predicted octanol–water partition coefficient (Wildman–Crippen LogP) is 2.09. The first-order chi connectivity index (χ1) is 7.68. The van der Waals surface area contributed by atoms with Crippen molar-refractivity contribution in [3.8, 4) is 0 Å². The van der Waals surface area contributed by atoms with E-state index in [1.165, 1.54) is 6.07 Å². The molecule has 0 aliphatic carbocycles. The monoisotopic (exact) mass is 312 g/mol. The summed E-state index contributed by atoms with van der Waals surface area (Å²) in [6.07, 6.45) is 0. The fourth-order valence-corrected chi connectivity index (χ4v) is 3.31. The van der Waals surface area contributed by atoms with Gasteiger partial charge in [-0.15, -0.1) is 12.4 Å². The molecule has 104 valence electrons. The Bertz CT molecular complexity index is 516. The molecule has 0 radical (unpaired) electrons. The standard InChI is InChI=1S/C11H17ClN2O2S.ClH/c1-8-4-5-10(9(12)6-8)17(15,16)14-11(2,3)7-13;/h4-6,14H,7,13H2,1-3H3;1H. The highest BCUT2D eigenvalue weighted by Crippen LogP contribution is 2.23. The molecule has 0 aromatic heterocycles. The van der Waals surface area contributed by atoms with Gasteiger partial charge in [0.2, 0.25) is 10.0 Å². The van der Waals surface area contributed by atoms with Crippen LogP contribution in [-0.2, 0) is 10.0 Å². The molecule has 18 heavy (non-hydrogen) atoms. The lowest BCUT2D eigenvalue weighted by Crippen LogP contribution is -2.48. The third-order valence-corrected chi connectivity index (χ3v) is 4.48. The van der Waals surface area contributed by atoms with Gasteiger partial charge in [0.05, 0.1) is 5.02 Å². The van der Waals surface area contributed by atoms with E-state index in [4.69, 9.17) is 17.3 Å². The van der Waals surface area contributed by atoms with E-state index in [9.17, 15) is 8.42 Å². The molecule has 0 aliphatic heterocycles. The molecule has 0 bridgehead atoms. The van der Waals surface area contributed by atoms with Crippen molar-refractivity contribution in [1.82, 2.24) is 4.72 Å². The quantitative estimate of drug-likeness (QED) is 0.894. The molecule has 0 spiro atoms. The van der Waals surface area contributed by atoms with Crippen molar-refractivity contribution in [3.05, 3.63) is 28.8 Å².